The summed E-state index contributed by atoms with van der Waals surface area (Å²) >= 11 is 0. The largest absolute Gasteiger partial charge is 0.340 e. The molecule has 0 radical (unpaired) electrons. The molecule has 3 heterocycles. The second-order valence-electron chi connectivity index (χ2n) is 5.32. The third-order valence-electron chi connectivity index (χ3n) is 3.76. The van der Waals surface area contributed by atoms with Gasteiger partial charge in [-0.3, -0.25) is 14.9 Å². The number of aryl methyl sites for hydroxylation is 1. The molecular formula is C14H19N5O. The van der Waals surface area contributed by atoms with Crippen molar-refractivity contribution in [2.45, 2.75) is 38.8 Å². The van der Waals surface area contributed by atoms with Crippen LogP contribution in [0.1, 0.15) is 42.5 Å². The lowest BCUT2D eigenvalue weighted by Gasteiger charge is -2.33. The number of piperidine rings is 1. The van der Waals surface area contributed by atoms with Gasteiger partial charge < -0.3 is 0 Å². The molecule has 1 aliphatic heterocycles. The van der Waals surface area contributed by atoms with Gasteiger partial charge in [0, 0.05) is 12.2 Å². The van der Waals surface area contributed by atoms with E-state index in [2.05, 4.69) is 25.1 Å². The molecular weight excluding hydrogens is 254 g/mol. The number of aromatic amines is 2. The molecule has 1 aliphatic rings. The molecule has 1 unspecified atom stereocenters. The molecule has 1 atom stereocenters. The Morgan fingerprint density at radius 2 is 2.30 bits per heavy atom. The SMILES string of the molecule is Cc1cccc(CN2CCCCC2c2n[nH]c(=O)[nH]2)n1. The van der Waals surface area contributed by atoms with E-state index in [1.165, 1.54) is 6.42 Å². The molecule has 0 bridgehead atoms. The molecule has 2 aromatic heterocycles. The predicted octanol–water partition coefficient (Wildman–Crippen LogP) is 1.53. The Morgan fingerprint density at radius 3 is 3.05 bits per heavy atom. The van der Waals surface area contributed by atoms with E-state index < -0.39 is 0 Å². The van der Waals surface area contributed by atoms with Crippen molar-refractivity contribution in [1.29, 1.82) is 0 Å². The normalized spacial score (nSPS) is 20.1. The number of likely N-dealkylation sites (tertiary alicyclic amines) is 1. The van der Waals surface area contributed by atoms with Gasteiger partial charge in [0.15, 0.2) is 0 Å². The average Bonchev–Trinajstić information content (AvgIpc) is 2.86. The third-order valence-corrected chi connectivity index (χ3v) is 3.76. The number of pyridine rings is 1. The molecule has 0 aliphatic carbocycles. The average molecular weight is 273 g/mol. The molecule has 2 aromatic rings. The first-order valence-electron chi connectivity index (χ1n) is 7.03. The van der Waals surface area contributed by atoms with E-state index in [9.17, 15) is 4.79 Å². The fraction of sp³-hybridized carbons (Fsp3) is 0.500. The molecule has 1 saturated heterocycles. The van der Waals surface area contributed by atoms with E-state index in [0.717, 1.165) is 43.1 Å². The Morgan fingerprint density at radius 1 is 1.40 bits per heavy atom. The lowest BCUT2D eigenvalue weighted by molar-refractivity contribution is 0.132. The van der Waals surface area contributed by atoms with Crippen molar-refractivity contribution < 1.29 is 0 Å². The van der Waals surface area contributed by atoms with Crippen LogP contribution in [0.5, 0.6) is 0 Å². The van der Waals surface area contributed by atoms with Crippen LogP contribution in [0.15, 0.2) is 23.0 Å². The number of hydrogen-bond acceptors (Lipinski definition) is 4. The summed E-state index contributed by atoms with van der Waals surface area (Å²) in [6.07, 6.45) is 3.36. The summed E-state index contributed by atoms with van der Waals surface area (Å²) in [7, 11) is 0. The standard InChI is InChI=1S/C14H19N5O/c1-10-5-4-6-11(15-10)9-19-8-3-2-7-12(19)13-16-14(20)18-17-13/h4-6,12H,2-3,7-9H2,1H3,(H2,16,17,18,20). The Kier molecular flexibility index (Phi) is 3.64. The molecule has 0 aromatic carbocycles. The second-order valence-corrected chi connectivity index (χ2v) is 5.32. The topological polar surface area (TPSA) is 77.7 Å². The third kappa shape index (κ3) is 2.80. The summed E-state index contributed by atoms with van der Waals surface area (Å²) in [6, 6.07) is 6.26. The summed E-state index contributed by atoms with van der Waals surface area (Å²) < 4.78 is 0. The first-order valence-corrected chi connectivity index (χ1v) is 7.03. The van der Waals surface area contributed by atoms with Crippen LogP contribution < -0.4 is 5.69 Å². The molecule has 0 saturated carbocycles. The van der Waals surface area contributed by atoms with Gasteiger partial charge in [-0.25, -0.2) is 9.89 Å². The maximum atomic E-state index is 11.2. The van der Waals surface area contributed by atoms with Crippen molar-refractivity contribution in [2.75, 3.05) is 6.54 Å². The van der Waals surface area contributed by atoms with Gasteiger partial charge in [-0.15, -0.1) is 0 Å². The van der Waals surface area contributed by atoms with Crippen LogP contribution in [-0.4, -0.2) is 31.6 Å². The van der Waals surface area contributed by atoms with E-state index >= 15 is 0 Å². The van der Waals surface area contributed by atoms with Crippen molar-refractivity contribution in [3.8, 4) is 0 Å². The molecule has 0 amide bonds. The highest BCUT2D eigenvalue weighted by Gasteiger charge is 2.26. The van der Waals surface area contributed by atoms with E-state index in [0.29, 0.717) is 0 Å². The zero-order chi connectivity index (χ0) is 13.9. The zero-order valence-electron chi connectivity index (χ0n) is 11.6. The zero-order valence-corrected chi connectivity index (χ0v) is 11.6. The van der Waals surface area contributed by atoms with Crippen molar-refractivity contribution in [1.82, 2.24) is 25.1 Å². The molecule has 1 fully saturated rings. The minimum Gasteiger partial charge on any atom is -0.292 e. The van der Waals surface area contributed by atoms with Crippen molar-refractivity contribution in [3.05, 3.63) is 45.9 Å². The Labute approximate surface area is 117 Å². The van der Waals surface area contributed by atoms with Crippen LogP contribution in [0, 0.1) is 6.92 Å². The van der Waals surface area contributed by atoms with Gasteiger partial charge in [-0.2, -0.15) is 5.10 Å². The van der Waals surface area contributed by atoms with Gasteiger partial charge in [0.25, 0.3) is 0 Å². The van der Waals surface area contributed by atoms with Gasteiger partial charge in [-0.1, -0.05) is 12.5 Å². The minimum atomic E-state index is -0.237. The van der Waals surface area contributed by atoms with Crippen molar-refractivity contribution in [3.63, 3.8) is 0 Å². The van der Waals surface area contributed by atoms with Gasteiger partial charge in [0.2, 0.25) is 0 Å². The smallest absolute Gasteiger partial charge is 0.292 e. The number of nitrogens with zero attached hydrogens (tertiary/aromatic N) is 3. The number of hydrogen-bond donors (Lipinski definition) is 2. The molecule has 6 heteroatoms. The minimum absolute atomic E-state index is 0.171. The maximum Gasteiger partial charge on any atom is 0.340 e. The lowest BCUT2D eigenvalue weighted by atomic mass is 10.0. The van der Waals surface area contributed by atoms with E-state index in [-0.39, 0.29) is 11.7 Å². The van der Waals surface area contributed by atoms with Gasteiger partial charge in [-0.05, 0) is 38.4 Å². The summed E-state index contributed by atoms with van der Waals surface area (Å²) in [6.45, 7) is 3.80. The quantitative estimate of drug-likeness (QED) is 0.889. The number of H-pyrrole nitrogens is 2. The molecule has 20 heavy (non-hydrogen) atoms. The van der Waals surface area contributed by atoms with Crippen LogP contribution in [0.3, 0.4) is 0 Å². The highest BCUT2D eigenvalue weighted by molar-refractivity contribution is 5.10. The second kappa shape index (κ2) is 5.58. The summed E-state index contributed by atoms with van der Waals surface area (Å²) in [5.74, 6) is 0.738. The van der Waals surface area contributed by atoms with E-state index in [1.54, 1.807) is 0 Å². The van der Waals surface area contributed by atoms with Crippen LogP contribution in [0.4, 0.5) is 0 Å². The molecule has 2 N–H and O–H groups in total. The number of nitrogens with one attached hydrogen (secondary N) is 2. The Bertz CT molecular complexity index is 632. The van der Waals surface area contributed by atoms with Gasteiger partial charge in [0.05, 0.1) is 11.7 Å². The first-order chi connectivity index (χ1) is 9.72. The Hall–Kier alpha value is -1.95. The fourth-order valence-corrected chi connectivity index (χ4v) is 2.83. The summed E-state index contributed by atoms with van der Waals surface area (Å²) in [5.41, 5.74) is 1.86. The van der Waals surface area contributed by atoms with E-state index in [1.807, 2.05) is 25.1 Å². The highest BCUT2D eigenvalue weighted by atomic mass is 16.1. The number of aromatic nitrogens is 4. The van der Waals surface area contributed by atoms with Crippen LogP contribution in [0.25, 0.3) is 0 Å². The maximum absolute atomic E-state index is 11.2. The lowest BCUT2D eigenvalue weighted by Crippen LogP contribution is -2.34. The highest BCUT2D eigenvalue weighted by Crippen LogP contribution is 2.29. The van der Waals surface area contributed by atoms with Crippen LogP contribution >= 0.6 is 0 Å². The molecule has 106 valence electrons. The van der Waals surface area contributed by atoms with Crippen molar-refractivity contribution >= 4 is 0 Å². The van der Waals surface area contributed by atoms with Gasteiger partial charge >= 0.3 is 5.69 Å². The van der Waals surface area contributed by atoms with Crippen LogP contribution in [-0.2, 0) is 6.54 Å². The molecule has 6 nitrogen and oxygen atoms in total. The van der Waals surface area contributed by atoms with Gasteiger partial charge in [0.1, 0.15) is 5.82 Å². The fourth-order valence-electron chi connectivity index (χ4n) is 2.83. The first kappa shape index (κ1) is 13.1. The van der Waals surface area contributed by atoms with E-state index in [4.69, 9.17) is 0 Å². The monoisotopic (exact) mass is 273 g/mol. The number of rotatable bonds is 3. The predicted molar refractivity (Wildman–Crippen MR) is 75.2 cm³/mol. The van der Waals surface area contributed by atoms with Crippen molar-refractivity contribution in [2.24, 2.45) is 0 Å². The van der Waals surface area contributed by atoms with Crippen LogP contribution in [0.2, 0.25) is 0 Å². The molecule has 0 spiro atoms. The summed E-state index contributed by atoms with van der Waals surface area (Å²) in [5, 5.41) is 6.55. The molecule has 3 rings (SSSR count). The summed E-state index contributed by atoms with van der Waals surface area (Å²) in [4.78, 5) is 20.9. The Balaban J connectivity index is 1.80.